The summed E-state index contributed by atoms with van der Waals surface area (Å²) in [6.07, 6.45) is 1.89. The number of fused-ring (bicyclic) bond motifs is 1. The number of carbonyl (C=O) groups is 2. The van der Waals surface area contributed by atoms with Crippen LogP contribution >= 0.6 is 11.6 Å². The molecule has 156 valence electrons. The highest BCUT2D eigenvalue weighted by Gasteiger charge is 2.38. The molecule has 0 aromatic heterocycles. The number of piperidine rings is 1. The van der Waals surface area contributed by atoms with E-state index in [-0.39, 0.29) is 27.6 Å². The minimum absolute atomic E-state index is 0.0372. The molecule has 0 radical (unpaired) electrons. The molecule has 2 aliphatic rings. The third kappa shape index (κ3) is 3.75. The summed E-state index contributed by atoms with van der Waals surface area (Å²) in [6.45, 7) is 3.25. The van der Waals surface area contributed by atoms with Gasteiger partial charge in [-0.05, 0) is 43.0 Å². The fraction of sp³-hybridized carbons (Fsp3) is 0.273. The van der Waals surface area contributed by atoms with E-state index in [1.165, 1.54) is 24.3 Å². The summed E-state index contributed by atoms with van der Waals surface area (Å²) >= 11 is 5.86. The molecule has 1 atom stereocenters. The van der Waals surface area contributed by atoms with E-state index < -0.39 is 15.8 Å². The lowest BCUT2D eigenvalue weighted by molar-refractivity contribution is 0.0920. The molecule has 1 aliphatic carbocycles. The molecule has 1 aliphatic heterocycles. The smallest absolute Gasteiger partial charge is 0.262 e. The number of rotatable bonds is 4. The highest BCUT2D eigenvalue weighted by Crippen LogP contribution is 2.31. The van der Waals surface area contributed by atoms with Crippen molar-refractivity contribution in [1.82, 2.24) is 9.62 Å². The zero-order valence-corrected chi connectivity index (χ0v) is 18.0. The SMILES string of the molecule is C[C@@H]1CCCN(C2=C(NS(=O)(=O)c3ccc(Cl)cc3)C(=O)c3ccccc3C2=O)C1. The van der Waals surface area contributed by atoms with Gasteiger partial charge < -0.3 is 4.90 Å². The summed E-state index contributed by atoms with van der Waals surface area (Å²) in [4.78, 5) is 28.4. The molecule has 1 heterocycles. The molecule has 8 heteroatoms. The van der Waals surface area contributed by atoms with Crippen LogP contribution < -0.4 is 4.72 Å². The Morgan fingerprint density at radius 3 is 2.27 bits per heavy atom. The zero-order chi connectivity index (χ0) is 21.5. The van der Waals surface area contributed by atoms with Gasteiger partial charge in [-0.25, -0.2) is 8.42 Å². The Labute approximate surface area is 180 Å². The molecule has 1 saturated heterocycles. The van der Waals surface area contributed by atoms with Gasteiger partial charge in [-0.2, -0.15) is 0 Å². The molecule has 0 amide bonds. The first-order chi connectivity index (χ1) is 14.3. The number of likely N-dealkylation sites (tertiary alicyclic amines) is 1. The Morgan fingerprint density at radius 1 is 1.00 bits per heavy atom. The molecule has 0 bridgehead atoms. The predicted molar refractivity (Wildman–Crippen MR) is 114 cm³/mol. The van der Waals surface area contributed by atoms with Crippen molar-refractivity contribution < 1.29 is 18.0 Å². The van der Waals surface area contributed by atoms with Crippen molar-refractivity contribution >= 4 is 33.2 Å². The molecule has 6 nitrogen and oxygen atoms in total. The van der Waals surface area contributed by atoms with Gasteiger partial charge in [-0.3, -0.25) is 14.3 Å². The molecule has 0 saturated carbocycles. The fourth-order valence-electron chi connectivity index (χ4n) is 3.96. The minimum Gasteiger partial charge on any atom is -0.366 e. The number of benzene rings is 2. The summed E-state index contributed by atoms with van der Waals surface area (Å²) in [5.41, 5.74) is 0.431. The second kappa shape index (κ2) is 7.89. The molecule has 30 heavy (non-hydrogen) atoms. The Kier molecular flexibility index (Phi) is 5.42. The topological polar surface area (TPSA) is 83.6 Å². The van der Waals surface area contributed by atoms with Crippen LogP contribution in [0.5, 0.6) is 0 Å². The maximum Gasteiger partial charge on any atom is 0.262 e. The van der Waals surface area contributed by atoms with Crippen LogP contribution in [0.1, 0.15) is 40.5 Å². The summed E-state index contributed by atoms with van der Waals surface area (Å²) in [7, 11) is -4.09. The normalized spacial score (nSPS) is 19.7. The van der Waals surface area contributed by atoms with Gasteiger partial charge in [0.2, 0.25) is 11.6 Å². The van der Waals surface area contributed by atoms with E-state index in [0.29, 0.717) is 29.6 Å². The Hall–Kier alpha value is -2.64. The fourth-order valence-corrected chi connectivity index (χ4v) is 5.15. The lowest BCUT2D eigenvalue weighted by Gasteiger charge is -2.36. The second-order valence-electron chi connectivity index (χ2n) is 7.68. The Balaban J connectivity index is 1.83. The third-order valence-electron chi connectivity index (χ3n) is 5.43. The number of allylic oxidation sites excluding steroid dienone is 2. The lowest BCUT2D eigenvalue weighted by atomic mass is 9.88. The number of halogens is 1. The van der Waals surface area contributed by atoms with Crippen molar-refractivity contribution in [1.29, 1.82) is 0 Å². The maximum atomic E-state index is 13.3. The number of nitrogens with one attached hydrogen (secondary N) is 1. The number of sulfonamides is 1. The van der Waals surface area contributed by atoms with Crippen molar-refractivity contribution in [2.24, 2.45) is 5.92 Å². The van der Waals surface area contributed by atoms with Crippen molar-refractivity contribution in [3.63, 3.8) is 0 Å². The standard InChI is InChI=1S/C22H21ClN2O4S/c1-14-5-4-12-25(13-14)20-19(21(26)17-6-2-3-7-18(17)22(20)27)24-30(28,29)16-10-8-15(23)9-11-16/h2-3,6-11,14,24H,4-5,12-13H2,1H3/t14-/m1/s1. The first-order valence-corrected chi connectivity index (χ1v) is 11.6. The molecule has 4 rings (SSSR count). The van der Waals surface area contributed by atoms with Gasteiger partial charge in [0.1, 0.15) is 11.4 Å². The molecular formula is C22H21ClN2O4S. The molecule has 0 unspecified atom stereocenters. The summed E-state index contributed by atoms with van der Waals surface area (Å²) in [5.74, 6) is -0.510. The van der Waals surface area contributed by atoms with Crippen LogP contribution in [-0.2, 0) is 10.0 Å². The van der Waals surface area contributed by atoms with Gasteiger partial charge in [0, 0.05) is 29.2 Å². The number of carbonyl (C=O) groups excluding carboxylic acids is 2. The molecular weight excluding hydrogens is 424 g/mol. The molecule has 2 aromatic rings. The van der Waals surface area contributed by atoms with E-state index in [1.807, 2.05) is 4.90 Å². The summed E-state index contributed by atoms with van der Waals surface area (Å²) in [5, 5.41) is 0.397. The minimum atomic E-state index is -4.09. The van der Waals surface area contributed by atoms with E-state index >= 15 is 0 Å². The largest absolute Gasteiger partial charge is 0.366 e. The van der Waals surface area contributed by atoms with Crippen LogP contribution in [0.15, 0.2) is 64.8 Å². The number of hydrogen-bond donors (Lipinski definition) is 1. The Bertz CT molecular complexity index is 1160. The molecule has 2 aromatic carbocycles. The zero-order valence-electron chi connectivity index (χ0n) is 16.4. The van der Waals surface area contributed by atoms with Gasteiger partial charge in [0.25, 0.3) is 10.0 Å². The molecule has 1 fully saturated rings. The molecule has 1 N–H and O–H groups in total. The van der Waals surface area contributed by atoms with E-state index in [4.69, 9.17) is 11.6 Å². The first-order valence-electron chi connectivity index (χ1n) is 9.74. The third-order valence-corrected chi connectivity index (χ3v) is 7.05. The van der Waals surface area contributed by atoms with Crippen molar-refractivity contribution in [3.05, 3.63) is 76.1 Å². The van der Waals surface area contributed by atoms with Crippen LogP contribution in [-0.4, -0.2) is 38.0 Å². The number of nitrogens with zero attached hydrogens (tertiary/aromatic N) is 1. The summed E-state index contributed by atoms with van der Waals surface area (Å²) in [6, 6.07) is 12.1. The molecule has 0 spiro atoms. The average molecular weight is 445 g/mol. The van der Waals surface area contributed by atoms with Crippen LogP contribution in [0.25, 0.3) is 0 Å². The van der Waals surface area contributed by atoms with Crippen molar-refractivity contribution in [3.8, 4) is 0 Å². The van der Waals surface area contributed by atoms with Crippen molar-refractivity contribution in [2.45, 2.75) is 24.7 Å². The second-order valence-corrected chi connectivity index (χ2v) is 9.80. The van der Waals surface area contributed by atoms with Crippen LogP contribution in [0.2, 0.25) is 5.02 Å². The number of hydrogen-bond acceptors (Lipinski definition) is 5. The highest BCUT2D eigenvalue weighted by molar-refractivity contribution is 7.89. The first kappa shape index (κ1) is 20.6. The van der Waals surface area contributed by atoms with Gasteiger partial charge >= 0.3 is 0 Å². The maximum absolute atomic E-state index is 13.3. The predicted octanol–water partition coefficient (Wildman–Crippen LogP) is 3.64. The monoisotopic (exact) mass is 444 g/mol. The lowest BCUT2D eigenvalue weighted by Crippen LogP contribution is -2.43. The van der Waals surface area contributed by atoms with Gasteiger partial charge in [0.05, 0.1) is 4.90 Å². The van der Waals surface area contributed by atoms with Gasteiger partial charge in [-0.15, -0.1) is 0 Å². The van der Waals surface area contributed by atoms with Gasteiger partial charge in [-0.1, -0.05) is 42.8 Å². The van der Waals surface area contributed by atoms with E-state index in [9.17, 15) is 18.0 Å². The van der Waals surface area contributed by atoms with Crippen LogP contribution in [0, 0.1) is 5.92 Å². The van der Waals surface area contributed by atoms with Crippen LogP contribution in [0.3, 0.4) is 0 Å². The van der Waals surface area contributed by atoms with E-state index in [2.05, 4.69) is 11.6 Å². The quantitative estimate of drug-likeness (QED) is 0.778. The van der Waals surface area contributed by atoms with Crippen molar-refractivity contribution in [2.75, 3.05) is 13.1 Å². The van der Waals surface area contributed by atoms with E-state index in [1.54, 1.807) is 24.3 Å². The Morgan fingerprint density at radius 2 is 1.63 bits per heavy atom. The van der Waals surface area contributed by atoms with E-state index in [0.717, 1.165) is 12.8 Å². The average Bonchev–Trinajstić information content (AvgIpc) is 2.72. The number of Topliss-reactive ketones (excluding diaryl/α,β-unsaturated/α-hetero) is 2. The summed E-state index contributed by atoms with van der Waals surface area (Å²) < 4.78 is 28.4. The van der Waals surface area contributed by atoms with Crippen LogP contribution in [0.4, 0.5) is 0 Å². The van der Waals surface area contributed by atoms with Gasteiger partial charge in [0.15, 0.2) is 0 Å². The highest BCUT2D eigenvalue weighted by atomic mass is 35.5. The number of ketones is 2.